The Morgan fingerprint density at radius 3 is 2.78 bits per heavy atom. The highest BCUT2D eigenvalue weighted by atomic mass is 32.2. The van der Waals surface area contributed by atoms with Gasteiger partial charge in [0.25, 0.3) is 5.91 Å². The number of furan rings is 1. The van der Waals surface area contributed by atoms with E-state index in [1.165, 1.54) is 28.0 Å². The highest BCUT2D eigenvalue weighted by Gasteiger charge is 2.19. The van der Waals surface area contributed by atoms with Crippen molar-refractivity contribution in [2.75, 3.05) is 23.4 Å². The van der Waals surface area contributed by atoms with Crippen LogP contribution in [0.2, 0.25) is 0 Å². The lowest BCUT2D eigenvalue weighted by molar-refractivity contribution is -0.115. The minimum absolute atomic E-state index is 0.160. The van der Waals surface area contributed by atoms with Crippen molar-refractivity contribution in [3.63, 3.8) is 0 Å². The number of carbonyl (C=O) groups excluding carboxylic acids is 2. The SMILES string of the molecule is CN(C(=O)CSc1nnc(N)s1)c1ccccc1C(=O)NCc1ccco1. The van der Waals surface area contributed by atoms with Crippen molar-refractivity contribution in [1.82, 2.24) is 15.5 Å². The van der Waals surface area contributed by atoms with Gasteiger partial charge in [-0.2, -0.15) is 0 Å². The molecule has 0 atom stereocenters. The van der Waals surface area contributed by atoms with Gasteiger partial charge in [-0.1, -0.05) is 35.2 Å². The molecule has 27 heavy (non-hydrogen) atoms. The number of thioether (sulfide) groups is 1. The van der Waals surface area contributed by atoms with Crippen molar-refractivity contribution in [3.8, 4) is 0 Å². The summed E-state index contributed by atoms with van der Waals surface area (Å²) in [7, 11) is 1.63. The number of nitrogen functional groups attached to an aromatic ring is 1. The van der Waals surface area contributed by atoms with Crippen LogP contribution in [-0.4, -0.2) is 34.8 Å². The maximum atomic E-state index is 12.5. The number of aromatic nitrogens is 2. The van der Waals surface area contributed by atoms with E-state index in [1.54, 1.807) is 49.7 Å². The summed E-state index contributed by atoms with van der Waals surface area (Å²) in [6.07, 6.45) is 1.55. The van der Waals surface area contributed by atoms with Gasteiger partial charge in [0.1, 0.15) is 5.76 Å². The van der Waals surface area contributed by atoms with Gasteiger partial charge in [-0.3, -0.25) is 9.59 Å². The highest BCUT2D eigenvalue weighted by molar-refractivity contribution is 8.01. The average molecular weight is 403 g/mol. The fourth-order valence-electron chi connectivity index (χ4n) is 2.27. The molecule has 0 radical (unpaired) electrons. The molecule has 2 amide bonds. The molecule has 10 heteroatoms. The molecule has 0 unspecified atom stereocenters. The van der Waals surface area contributed by atoms with Crippen LogP contribution in [0.1, 0.15) is 16.1 Å². The molecule has 3 rings (SSSR count). The van der Waals surface area contributed by atoms with E-state index < -0.39 is 0 Å². The molecule has 0 aliphatic heterocycles. The Kier molecular flexibility index (Phi) is 6.09. The first-order valence-corrected chi connectivity index (χ1v) is 9.72. The van der Waals surface area contributed by atoms with Crippen molar-refractivity contribution in [3.05, 3.63) is 54.0 Å². The van der Waals surface area contributed by atoms with E-state index in [1.807, 2.05) is 0 Å². The average Bonchev–Trinajstić information content (AvgIpc) is 3.35. The number of nitrogens with one attached hydrogen (secondary N) is 1. The number of nitrogens with zero attached hydrogens (tertiary/aromatic N) is 3. The van der Waals surface area contributed by atoms with Gasteiger partial charge >= 0.3 is 0 Å². The molecule has 8 nitrogen and oxygen atoms in total. The van der Waals surface area contributed by atoms with Gasteiger partial charge in [0.2, 0.25) is 11.0 Å². The van der Waals surface area contributed by atoms with Crippen molar-refractivity contribution >= 4 is 45.7 Å². The lowest BCUT2D eigenvalue weighted by Gasteiger charge is -2.20. The number of rotatable bonds is 7. The van der Waals surface area contributed by atoms with Crippen LogP contribution in [0.5, 0.6) is 0 Å². The van der Waals surface area contributed by atoms with Crippen LogP contribution in [-0.2, 0) is 11.3 Å². The third-order valence-electron chi connectivity index (χ3n) is 3.63. The maximum Gasteiger partial charge on any atom is 0.253 e. The van der Waals surface area contributed by atoms with Crippen LogP contribution in [0.3, 0.4) is 0 Å². The minimum Gasteiger partial charge on any atom is -0.467 e. The second-order valence-electron chi connectivity index (χ2n) is 5.43. The molecule has 0 aliphatic rings. The van der Waals surface area contributed by atoms with E-state index in [2.05, 4.69) is 15.5 Å². The molecule has 0 spiro atoms. The van der Waals surface area contributed by atoms with Crippen molar-refractivity contribution in [1.29, 1.82) is 0 Å². The Labute approximate surface area is 163 Å². The highest BCUT2D eigenvalue weighted by Crippen LogP contribution is 2.25. The third kappa shape index (κ3) is 4.86. The Hall–Kier alpha value is -2.85. The Balaban J connectivity index is 1.66. The number of anilines is 2. The molecule has 0 saturated heterocycles. The lowest BCUT2D eigenvalue weighted by atomic mass is 10.1. The van der Waals surface area contributed by atoms with Crippen LogP contribution in [0.4, 0.5) is 10.8 Å². The van der Waals surface area contributed by atoms with E-state index in [0.717, 1.165) is 0 Å². The van der Waals surface area contributed by atoms with Gasteiger partial charge in [0, 0.05) is 7.05 Å². The van der Waals surface area contributed by atoms with E-state index in [9.17, 15) is 9.59 Å². The number of para-hydroxylation sites is 1. The molecule has 0 saturated carbocycles. The fourth-order valence-corrected chi connectivity index (χ4v) is 3.82. The second kappa shape index (κ2) is 8.69. The predicted octanol–water partition coefficient (Wildman–Crippen LogP) is 2.40. The number of hydrogen-bond donors (Lipinski definition) is 2. The number of hydrogen-bond acceptors (Lipinski definition) is 8. The number of carbonyl (C=O) groups is 2. The van der Waals surface area contributed by atoms with Crippen LogP contribution in [0, 0.1) is 0 Å². The van der Waals surface area contributed by atoms with E-state index in [-0.39, 0.29) is 24.1 Å². The largest absolute Gasteiger partial charge is 0.467 e. The van der Waals surface area contributed by atoms with Gasteiger partial charge < -0.3 is 20.4 Å². The smallest absolute Gasteiger partial charge is 0.253 e. The van der Waals surface area contributed by atoms with Crippen molar-refractivity contribution < 1.29 is 14.0 Å². The van der Waals surface area contributed by atoms with Gasteiger partial charge in [-0.15, -0.1) is 10.2 Å². The van der Waals surface area contributed by atoms with Crippen molar-refractivity contribution in [2.24, 2.45) is 0 Å². The zero-order valence-electron chi connectivity index (χ0n) is 14.4. The van der Waals surface area contributed by atoms with E-state index >= 15 is 0 Å². The number of nitrogens with two attached hydrogens (primary N) is 1. The van der Waals surface area contributed by atoms with Gasteiger partial charge in [-0.25, -0.2) is 0 Å². The summed E-state index contributed by atoms with van der Waals surface area (Å²) in [5.74, 6) is 0.359. The standard InChI is InChI=1S/C17H17N5O3S2/c1-22(14(23)10-26-17-21-20-16(18)27-17)13-7-3-2-6-12(13)15(24)19-9-11-5-4-8-25-11/h2-8H,9-10H2,1H3,(H2,18,20)(H,19,24). The summed E-state index contributed by atoms with van der Waals surface area (Å²) in [5, 5.41) is 10.7. The number of benzene rings is 1. The molecule has 1 aromatic carbocycles. The molecular weight excluding hydrogens is 386 g/mol. The molecule has 0 bridgehead atoms. The molecule has 2 aromatic heterocycles. The first-order valence-electron chi connectivity index (χ1n) is 7.92. The van der Waals surface area contributed by atoms with E-state index in [0.29, 0.717) is 26.5 Å². The van der Waals surface area contributed by atoms with Crippen molar-refractivity contribution in [2.45, 2.75) is 10.9 Å². The fraction of sp³-hybridized carbons (Fsp3) is 0.176. The molecule has 0 aliphatic carbocycles. The summed E-state index contributed by atoms with van der Waals surface area (Å²) in [5.41, 5.74) is 6.47. The Morgan fingerprint density at radius 2 is 2.07 bits per heavy atom. The van der Waals surface area contributed by atoms with Crippen LogP contribution < -0.4 is 16.0 Å². The van der Waals surface area contributed by atoms with E-state index in [4.69, 9.17) is 10.2 Å². The van der Waals surface area contributed by atoms with Crippen LogP contribution in [0.25, 0.3) is 0 Å². The molecule has 2 heterocycles. The molecule has 140 valence electrons. The van der Waals surface area contributed by atoms with Crippen LogP contribution >= 0.6 is 23.1 Å². The van der Waals surface area contributed by atoms with Gasteiger partial charge in [-0.05, 0) is 24.3 Å². The van der Waals surface area contributed by atoms with Crippen LogP contribution in [0.15, 0.2) is 51.4 Å². The minimum atomic E-state index is -0.286. The normalized spacial score (nSPS) is 10.6. The summed E-state index contributed by atoms with van der Waals surface area (Å²) in [6.45, 7) is 0.270. The second-order valence-corrected chi connectivity index (χ2v) is 7.66. The zero-order chi connectivity index (χ0) is 19.2. The summed E-state index contributed by atoms with van der Waals surface area (Å²) in [4.78, 5) is 26.5. The molecule has 3 aromatic rings. The lowest BCUT2D eigenvalue weighted by Crippen LogP contribution is -2.31. The maximum absolute atomic E-state index is 12.5. The number of amides is 2. The molecule has 3 N–H and O–H groups in total. The molecular formula is C17H17N5O3S2. The van der Waals surface area contributed by atoms with Gasteiger partial charge in [0.15, 0.2) is 4.34 Å². The topological polar surface area (TPSA) is 114 Å². The summed E-state index contributed by atoms with van der Waals surface area (Å²) < 4.78 is 5.83. The molecule has 0 fully saturated rings. The van der Waals surface area contributed by atoms with Gasteiger partial charge in [0.05, 0.1) is 29.8 Å². The summed E-state index contributed by atoms with van der Waals surface area (Å²) >= 11 is 2.48. The zero-order valence-corrected chi connectivity index (χ0v) is 16.0. The third-order valence-corrected chi connectivity index (χ3v) is 5.50. The first-order chi connectivity index (χ1) is 13.0. The predicted molar refractivity (Wildman–Crippen MR) is 105 cm³/mol. The quantitative estimate of drug-likeness (QED) is 0.582. The Bertz CT molecular complexity index is 926. The first kappa shape index (κ1) is 18.9. The Morgan fingerprint density at radius 1 is 1.26 bits per heavy atom. The summed E-state index contributed by atoms with van der Waals surface area (Å²) in [6, 6.07) is 10.5. The monoisotopic (exact) mass is 403 g/mol.